The molecule has 1 aromatic carbocycles. The summed E-state index contributed by atoms with van der Waals surface area (Å²) in [6.07, 6.45) is 0.803. The lowest BCUT2D eigenvalue weighted by Gasteiger charge is -2.31. The van der Waals surface area contributed by atoms with E-state index in [1.54, 1.807) is 38.1 Å². The summed E-state index contributed by atoms with van der Waals surface area (Å²) in [6, 6.07) is 3.70. The van der Waals surface area contributed by atoms with Crippen LogP contribution in [0.25, 0.3) is 0 Å². The van der Waals surface area contributed by atoms with Crippen molar-refractivity contribution in [2.24, 2.45) is 17.6 Å². The normalized spacial score (nSPS) is 17.6. The van der Waals surface area contributed by atoms with Crippen LogP contribution in [0.3, 0.4) is 0 Å². The fraction of sp³-hybridized carbons (Fsp3) is 0.600. The molecule has 0 radical (unpaired) electrons. The van der Waals surface area contributed by atoms with Crippen molar-refractivity contribution in [3.8, 4) is 0 Å². The number of carbonyl (C=O) groups is 6. The van der Waals surface area contributed by atoms with Gasteiger partial charge in [0.05, 0.1) is 6.04 Å². The highest BCUT2D eigenvalue weighted by Crippen LogP contribution is 2.21. The van der Waals surface area contributed by atoms with Crippen molar-refractivity contribution in [3.05, 3.63) is 35.9 Å². The van der Waals surface area contributed by atoms with Crippen LogP contribution in [0.2, 0.25) is 0 Å². The van der Waals surface area contributed by atoms with E-state index in [2.05, 4.69) is 16.0 Å². The van der Waals surface area contributed by atoms with Crippen LogP contribution in [-0.4, -0.2) is 87.4 Å². The Morgan fingerprint density at radius 1 is 0.930 bits per heavy atom. The number of amides is 4. The molecule has 1 aliphatic rings. The molecular formula is C30H45N5O8. The number of likely N-dealkylation sites (tertiary alicyclic amines) is 1. The van der Waals surface area contributed by atoms with Gasteiger partial charge in [-0.2, -0.15) is 0 Å². The lowest BCUT2D eigenvalue weighted by Crippen LogP contribution is -2.59. The van der Waals surface area contributed by atoms with Gasteiger partial charge in [-0.3, -0.25) is 24.0 Å². The fourth-order valence-corrected chi connectivity index (χ4v) is 4.98. The molecule has 0 spiro atoms. The second kappa shape index (κ2) is 16.6. The molecule has 43 heavy (non-hydrogen) atoms. The second-order valence-electron chi connectivity index (χ2n) is 11.7. The van der Waals surface area contributed by atoms with Crippen molar-refractivity contribution < 1.29 is 39.0 Å². The Hall–Kier alpha value is -4.00. The molecule has 0 unspecified atom stereocenters. The summed E-state index contributed by atoms with van der Waals surface area (Å²) in [4.78, 5) is 77.2. The maximum absolute atomic E-state index is 13.8. The lowest BCUT2D eigenvalue weighted by atomic mass is 10.00. The van der Waals surface area contributed by atoms with E-state index in [-0.39, 0.29) is 44.1 Å². The maximum atomic E-state index is 13.8. The quantitative estimate of drug-likeness (QED) is 0.157. The Labute approximate surface area is 251 Å². The highest BCUT2D eigenvalue weighted by Gasteiger charge is 2.39. The predicted molar refractivity (Wildman–Crippen MR) is 157 cm³/mol. The molecule has 5 atom stereocenters. The van der Waals surface area contributed by atoms with Crippen LogP contribution in [0.1, 0.15) is 65.4 Å². The van der Waals surface area contributed by atoms with E-state index in [9.17, 15) is 33.9 Å². The summed E-state index contributed by atoms with van der Waals surface area (Å²) < 4.78 is 0. The molecule has 1 saturated heterocycles. The molecular weight excluding hydrogens is 558 g/mol. The molecule has 7 N–H and O–H groups in total. The van der Waals surface area contributed by atoms with Gasteiger partial charge in [-0.15, -0.1) is 0 Å². The average Bonchev–Trinajstić information content (AvgIpc) is 3.43. The SMILES string of the molecule is CC(C)C[C@H](NC(=O)[C@@H]1CCCN1C(=O)[C@H](Cc1ccccc1)NC(=O)[C@@H](N)CCC(=O)O)C(=O)N[C@H](C(=O)O)C(C)C. The standard InChI is InChI=1S/C30H45N5O8/c1-17(2)15-21(27(39)34-25(18(3)4)30(42)43)32-28(40)23-11-8-14-35(23)29(41)22(16-19-9-6-5-7-10-19)33-26(38)20(31)12-13-24(36)37/h5-7,9-10,17-18,20-23,25H,8,11-16,31H2,1-4H3,(H,32,40)(H,33,38)(H,34,39)(H,36,37)(H,42,43)/t20-,21-,22-,23-,25-/m0/s1. The van der Waals surface area contributed by atoms with Crippen LogP contribution in [0, 0.1) is 11.8 Å². The van der Waals surface area contributed by atoms with Gasteiger partial charge < -0.3 is 36.8 Å². The molecule has 0 bridgehead atoms. The highest BCUT2D eigenvalue weighted by molar-refractivity contribution is 5.96. The summed E-state index contributed by atoms with van der Waals surface area (Å²) in [7, 11) is 0. The minimum absolute atomic E-state index is 0.00417. The number of carboxylic acids is 2. The van der Waals surface area contributed by atoms with E-state index in [4.69, 9.17) is 10.8 Å². The molecule has 1 aliphatic heterocycles. The van der Waals surface area contributed by atoms with E-state index in [0.717, 1.165) is 5.56 Å². The lowest BCUT2D eigenvalue weighted by molar-refractivity contribution is -0.144. The number of hydrogen-bond donors (Lipinski definition) is 6. The van der Waals surface area contributed by atoms with Gasteiger partial charge in [0.25, 0.3) is 0 Å². The van der Waals surface area contributed by atoms with E-state index in [0.29, 0.717) is 12.8 Å². The number of carboxylic acid groups (broad SMARTS) is 2. The van der Waals surface area contributed by atoms with E-state index in [1.807, 2.05) is 19.9 Å². The zero-order valence-corrected chi connectivity index (χ0v) is 25.2. The van der Waals surface area contributed by atoms with Gasteiger partial charge in [0.2, 0.25) is 23.6 Å². The molecule has 0 saturated carbocycles. The first-order chi connectivity index (χ1) is 20.2. The first-order valence-electron chi connectivity index (χ1n) is 14.7. The second-order valence-corrected chi connectivity index (χ2v) is 11.7. The molecule has 13 heteroatoms. The third kappa shape index (κ3) is 11.0. The molecule has 238 valence electrons. The smallest absolute Gasteiger partial charge is 0.326 e. The number of nitrogens with zero attached hydrogens (tertiary/aromatic N) is 1. The average molecular weight is 604 g/mol. The van der Waals surface area contributed by atoms with Gasteiger partial charge in [-0.25, -0.2) is 4.79 Å². The molecule has 1 aromatic rings. The highest BCUT2D eigenvalue weighted by atomic mass is 16.4. The molecule has 2 rings (SSSR count). The molecule has 0 aliphatic carbocycles. The fourth-order valence-electron chi connectivity index (χ4n) is 4.98. The minimum Gasteiger partial charge on any atom is -0.481 e. The van der Waals surface area contributed by atoms with Gasteiger partial charge in [0.15, 0.2) is 0 Å². The summed E-state index contributed by atoms with van der Waals surface area (Å²) in [6.45, 7) is 7.32. The number of aliphatic carboxylic acids is 2. The van der Waals surface area contributed by atoms with Crippen LogP contribution in [0.5, 0.6) is 0 Å². The molecule has 1 heterocycles. The Bertz CT molecular complexity index is 1140. The number of benzene rings is 1. The minimum atomic E-state index is -1.18. The van der Waals surface area contributed by atoms with Crippen LogP contribution >= 0.6 is 0 Å². The number of rotatable bonds is 16. The zero-order valence-electron chi connectivity index (χ0n) is 25.2. The molecule has 0 aromatic heterocycles. The van der Waals surface area contributed by atoms with Gasteiger partial charge in [-0.05, 0) is 43.1 Å². The van der Waals surface area contributed by atoms with Gasteiger partial charge >= 0.3 is 11.9 Å². The Morgan fingerprint density at radius 2 is 1.58 bits per heavy atom. The van der Waals surface area contributed by atoms with Gasteiger partial charge in [0.1, 0.15) is 24.2 Å². The van der Waals surface area contributed by atoms with Crippen molar-refractivity contribution in [1.29, 1.82) is 0 Å². The molecule has 13 nitrogen and oxygen atoms in total. The third-order valence-electron chi connectivity index (χ3n) is 7.31. The number of nitrogens with two attached hydrogens (primary N) is 1. The topological polar surface area (TPSA) is 208 Å². The number of nitrogens with one attached hydrogen (secondary N) is 3. The summed E-state index contributed by atoms with van der Waals surface area (Å²) in [5.74, 6) is -5.02. The van der Waals surface area contributed by atoms with E-state index in [1.165, 1.54) is 4.90 Å². The summed E-state index contributed by atoms with van der Waals surface area (Å²) in [5, 5.41) is 26.3. The first kappa shape index (κ1) is 35.2. The van der Waals surface area contributed by atoms with Crippen LogP contribution in [0.4, 0.5) is 0 Å². The summed E-state index contributed by atoms with van der Waals surface area (Å²) >= 11 is 0. The van der Waals surface area contributed by atoms with Gasteiger partial charge in [-0.1, -0.05) is 58.0 Å². The van der Waals surface area contributed by atoms with Crippen molar-refractivity contribution in [1.82, 2.24) is 20.9 Å². The van der Waals surface area contributed by atoms with Crippen molar-refractivity contribution in [2.45, 2.75) is 96.4 Å². The van der Waals surface area contributed by atoms with Crippen molar-refractivity contribution in [2.75, 3.05) is 6.54 Å². The van der Waals surface area contributed by atoms with Crippen molar-refractivity contribution >= 4 is 35.6 Å². The predicted octanol–water partition coefficient (Wildman–Crippen LogP) is 0.653. The first-order valence-corrected chi connectivity index (χ1v) is 14.7. The summed E-state index contributed by atoms with van der Waals surface area (Å²) in [5.41, 5.74) is 6.65. The van der Waals surface area contributed by atoms with E-state index < -0.39 is 65.8 Å². The zero-order chi connectivity index (χ0) is 32.3. The number of carbonyl (C=O) groups excluding carboxylic acids is 4. The van der Waals surface area contributed by atoms with E-state index >= 15 is 0 Å². The Morgan fingerprint density at radius 3 is 2.14 bits per heavy atom. The maximum Gasteiger partial charge on any atom is 0.326 e. The Kier molecular flexibility index (Phi) is 13.6. The van der Waals surface area contributed by atoms with Crippen LogP contribution < -0.4 is 21.7 Å². The van der Waals surface area contributed by atoms with Gasteiger partial charge in [0, 0.05) is 19.4 Å². The molecule has 1 fully saturated rings. The Balaban J connectivity index is 2.24. The molecule has 4 amide bonds. The van der Waals surface area contributed by atoms with Crippen molar-refractivity contribution in [3.63, 3.8) is 0 Å². The van der Waals surface area contributed by atoms with Crippen LogP contribution in [-0.2, 0) is 35.2 Å². The third-order valence-corrected chi connectivity index (χ3v) is 7.31. The number of hydrogen-bond acceptors (Lipinski definition) is 7. The largest absolute Gasteiger partial charge is 0.481 e. The van der Waals surface area contributed by atoms with Crippen LogP contribution in [0.15, 0.2) is 30.3 Å². The monoisotopic (exact) mass is 603 g/mol.